The molecule has 0 spiro atoms. The average molecular weight is 270 g/mol. The Kier molecular flexibility index (Phi) is 5.77. The first kappa shape index (κ1) is 16.4. The van der Waals surface area contributed by atoms with Gasteiger partial charge in [0.15, 0.2) is 0 Å². The quantitative estimate of drug-likeness (QED) is 0.726. The number of nitrogens with zero attached hydrogens (tertiary/aromatic N) is 2. The van der Waals surface area contributed by atoms with Crippen molar-refractivity contribution in [3.63, 3.8) is 0 Å². The molecule has 0 bridgehead atoms. The van der Waals surface area contributed by atoms with E-state index in [1.165, 1.54) is 12.8 Å². The molecule has 1 saturated heterocycles. The molecule has 0 aliphatic carbocycles. The van der Waals surface area contributed by atoms with Crippen molar-refractivity contribution in [3.05, 3.63) is 0 Å². The zero-order valence-electron chi connectivity index (χ0n) is 13.1. The molecule has 1 amide bonds. The number of nitrogens with two attached hydrogens (primary N) is 1. The topological polar surface area (TPSA) is 61.6 Å². The number of rotatable bonds is 6. The SMILES string of the molecule is CNC(C)(CC(C)N(C)C1CCN(C)CC1)C(N)=O. The third-order valence-corrected chi connectivity index (χ3v) is 4.76. The predicted octanol–water partition coefficient (Wildman–Crippen LogP) is 0.254. The molecule has 0 saturated carbocycles. The van der Waals surface area contributed by atoms with E-state index in [2.05, 4.69) is 36.1 Å². The second-order valence-electron chi connectivity index (χ2n) is 6.20. The summed E-state index contributed by atoms with van der Waals surface area (Å²) in [6.07, 6.45) is 3.13. The lowest BCUT2D eigenvalue weighted by Crippen LogP contribution is -2.56. The number of hydrogen-bond donors (Lipinski definition) is 2. The number of carbonyl (C=O) groups excluding carboxylic acids is 1. The van der Waals surface area contributed by atoms with E-state index >= 15 is 0 Å². The Labute approximate surface area is 117 Å². The summed E-state index contributed by atoms with van der Waals surface area (Å²) in [5.41, 5.74) is 4.87. The molecule has 3 N–H and O–H groups in total. The molecule has 19 heavy (non-hydrogen) atoms. The van der Waals surface area contributed by atoms with Crippen molar-refractivity contribution in [2.75, 3.05) is 34.2 Å². The monoisotopic (exact) mass is 270 g/mol. The Hall–Kier alpha value is -0.650. The van der Waals surface area contributed by atoms with E-state index in [0.717, 1.165) is 19.5 Å². The molecule has 1 heterocycles. The van der Waals surface area contributed by atoms with Gasteiger partial charge in [0.05, 0.1) is 5.54 Å². The van der Waals surface area contributed by atoms with Gasteiger partial charge in [0.1, 0.15) is 0 Å². The highest BCUT2D eigenvalue weighted by Crippen LogP contribution is 2.21. The third-order valence-electron chi connectivity index (χ3n) is 4.76. The number of likely N-dealkylation sites (tertiary alicyclic amines) is 1. The second kappa shape index (κ2) is 6.68. The van der Waals surface area contributed by atoms with Crippen LogP contribution >= 0.6 is 0 Å². The minimum atomic E-state index is -0.626. The predicted molar refractivity (Wildman–Crippen MR) is 79.0 cm³/mol. The minimum absolute atomic E-state index is 0.279. The lowest BCUT2D eigenvalue weighted by Gasteiger charge is -2.40. The van der Waals surface area contributed by atoms with Crippen molar-refractivity contribution in [1.29, 1.82) is 0 Å². The third kappa shape index (κ3) is 4.16. The summed E-state index contributed by atoms with van der Waals surface area (Å²) in [5, 5.41) is 3.06. The van der Waals surface area contributed by atoms with Gasteiger partial charge in [0, 0.05) is 12.1 Å². The number of primary amides is 1. The van der Waals surface area contributed by atoms with Gasteiger partial charge in [-0.3, -0.25) is 4.79 Å². The summed E-state index contributed by atoms with van der Waals surface area (Å²) in [7, 11) is 6.13. The Morgan fingerprint density at radius 3 is 2.47 bits per heavy atom. The van der Waals surface area contributed by atoms with Crippen LogP contribution in [0, 0.1) is 0 Å². The van der Waals surface area contributed by atoms with Gasteiger partial charge in [-0.15, -0.1) is 0 Å². The van der Waals surface area contributed by atoms with Gasteiger partial charge < -0.3 is 20.9 Å². The van der Waals surface area contributed by atoms with Gasteiger partial charge in [0.25, 0.3) is 0 Å². The molecule has 112 valence electrons. The smallest absolute Gasteiger partial charge is 0.237 e. The summed E-state index contributed by atoms with van der Waals surface area (Å²) >= 11 is 0. The van der Waals surface area contributed by atoms with Crippen LogP contribution in [0.15, 0.2) is 0 Å². The molecule has 5 heteroatoms. The molecule has 0 aromatic heterocycles. The molecule has 1 fully saturated rings. The van der Waals surface area contributed by atoms with Crippen LogP contribution in [-0.2, 0) is 4.79 Å². The maximum atomic E-state index is 11.6. The Bertz CT molecular complexity index is 302. The average Bonchev–Trinajstić information content (AvgIpc) is 2.38. The zero-order valence-corrected chi connectivity index (χ0v) is 13.1. The van der Waals surface area contributed by atoms with Crippen LogP contribution in [0.2, 0.25) is 0 Å². The molecule has 1 rings (SSSR count). The highest BCUT2D eigenvalue weighted by atomic mass is 16.1. The molecule has 2 atom stereocenters. The summed E-state index contributed by atoms with van der Waals surface area (Å²) in [4.78, 5) is 16.3. The molecule has 2 unspecified atom stereocenters. The number of amides is 1. The van der Waals surface area contributed by atoms with Crippen LogP contribution in [0.1, 0.15) is 33.1 Å². The second-order valence-corrected chi connectivity index (χ2v) is 6.20. The van der Waals surface area contributed by atoms with Crippen molar-refractivity contribution in [3.8, 4) is 0 Å². The molecule has 5 nitrogen and oxygen atoms in total. The van der Waals surface area contributed by atoms with Crippen LogP contribution in [-0.4, -0.2) is 67.6 Å². The highest BCUT2D eigenvalue weighted by Gasteiger charge is 2.33. The first-order valence-electron chi connectivity index (χ1n) is 7.19. The summed E-state index contributed by atoms with van der Waals surface area (Å²) in [6.45, 7) is 6.37. The Morgan fingerprint density at radius 2 is 2.05 bits per heavy atom. The van der Waals surface area contributed by atoms with Gasteiger partial charge in [-0.2, -0.15) is 0 Å². The van der Waals surface area contributed by atoms with Gasteiger partial charge in [-0.1, -0.05) is 0 Å². The van der Waals surface area contributed by atoms with Crippen LogP contribution in [0.25, 0.3) is 0 Å². The van der Waals surface area contributed by atoms with E-state index in [9.17, 15) is 4.79 Å². The van der Waals surface area contributed by atoms with E-state index in [4.69, 9.17) is 5.73 Å². The van der Waals surface area contributed by atoms with Crippen LogP contribution in [0.4, 0.5) is 0 Å². The molecule has 0 aromatic rings. The van der Waals surface area contributed by atoms with Crippen molar-refractivity contribution in [2.45, 2.75) is 50.7 Å². The molecular weight excluding hydrogens is 240 g/mol. The Morgan fingerprint density at radius 1 is 1.53 bits per heavy atom. The maximum absolute atomic E-state index is 11.6. The van der Waals surface area contributed by atoms with E-state index in [1.54, 1.807) is 7.05 Å². The van der Waals surface area contributed by atoms with E-state index in [0.29, 0.717) is 12.1 Å². The van der Waals surface area contributed by atoms with Gasteiger partial charge in [0.2, 0.25) is 5.91 Å². The van der Waals surface area contributed by atoms with Gasteiger partial charge >= 0.3 is 0 Å². The standard InChI is InChI=1S/C14H30N4O/c1-11(10-14(2,16-3)13(15)19)18(5)12-6-8-17(4)9-7-12/h11-12,16H,6-10H2,1-5H3,(H2,15,19). The zero-order chi connectivity index (χ0) is 14.6. The lowest BCUT2D eigenvalue weighted by atomic mass is 9.91. The van der Waals surface area contributed by atoms with Crippen molar-refractivity contribution in [1.82, 2.24) is 15.1 Å². The number of piperidine rings is 1. The van der Waals surface area contributed by atoms with Crippen LogP contribution < -0.4 is 11.1 Å². The highest BCUT2D eigenvalue weighted by molar-refractivity contribution is 5.84. The molecule has 0 aromatic carbocycles. The van der Waals surface area contributed by atoms with Crippen molar-refractivity contribution in [2.24, 2.45) is 5.73 Å². The fraction of sp³-hybridized carbons (Fsp3) is 0.929. The van der Waals surface area contributed by atoms with E-state index < -0.39 is 5.54 Å². The fourth-order valence-electron chi connectivity index (χ4n) is 2.82. The maximum Gasteiger partial charge on any atom is 0.237 e. The van der Waals surface area contributed by atoms with E-state index in [1.807, 2.05) is 6.92 Å². The van der Waals surface area contributed by atoms with E-state index in [-0.39, 0.29) is 5.91 Å². The fourth-order valence-corrected chi connectivity index (χ4v) is 2.82. The normalized spacial score (nSPS) is 23.3. The largest absolute Gasteiger partial charge is 0.368 e. The minimum Gasteiger partial charge on any atom is -0.368 e. The van der Waals surface area contributed by atoms with Gasteiger partial charge in [-0.05, 0) is 67.3 Å². The summed E-state index contributed by atoms with van der Waals surface area (Å²) in [5.74, 6) is -0.279. The summed E-state index contributed by atoms with van der Waals surface area (Å²) in [6, 6.07) is 0.943. The molecule has 1 aliphatic rings. The molecular formula is C14H30N4O. The summed E-state index contributed by atoms with van der Waals surface area (Å²) < 4.78 is 0. The van der Waals surface area contributed by atoms with Crippen LogP contribution in [0.5, 0.6) is 0 Å². The first-order valence-corrected chi connectivity index (χ1v) is 7.19. The van der Waals surface area contributed by atoms with Crippen LogP contribution in [0.3, 0.4) is 0 Å². The number of hydrogen-bond acceptors (Lipinski definition) is 4. The lowest BCUT2D eigenvalue weighted by molar-refractivity contribution is -0.124. The number of nitrogens with one attached hydrogen (secondary N) is 1. The molecule has 0 radical (unpaired) electrons. The molecule has 1 aliphatic heterocycles. The van der Waals surface area contributed by atoms with Gasteiger partial charge in [-0.25, -0.2) is 0 Å². The van der Waals surface area contributed by atoms with Crippen molar-refractivity contribution >= 4 is 5.91 Å². The first-order chi connectivity index (χ1) is 8.80. The number of carbonyl (C=O) groups is 1. The van der Waals surface area contributed by atoms with Crippen molar-refractivity contribution < 1.29 is 4.79 Å². The Balaban J connectivity index is 2.57. The number of likely N-dealkylation sites (N-methyl/N-ethyl adjacent to an activating group) is 1.